The monoisotopic (exact) mass is 550 g/mol. The van der Waals surface area contributed by atoms with Crippen LogP contribution >= 0.6 is 0 Å². The van der Waals surface area contributed by atoms with Crippen molar-refractivity contribution in [2.45, 2.75) is 50.8 Å². The van der Waals surface area contributed by atoms with Crippen LogP contribution in [-0.4, -0.2) is 80.2 Å². The van der Waals surface area contributed by atoms with Crippen LogP contribution in [0.3, 0.4) is 0 Å². The second-order valence-corrected chi connectivity index (χ2v) is 11.5. The number of hydrogen-bond acceptors (Lipinski definition) is 6. The van der Waals surface area contributed by atoms with Crippen LogP contribution in [0, 0.1) is 11.7 Å². The number of fused-ring (bicyclic) bond motifs is 1. The van der Waals surface area contributed by atoms with E-state index >= 15 is 0 Å². The Morgan fingerprint density at radius 3 is 2.47 bits per heavy atom. The standard InChI is InChI=1S/C26H35FN4O6S/c1-16(2)28-26(34)30(5)14-23-17(3)13-31(18(4)15-32)25(33)21-7-6-8-22(24(21)37-23)29-38(35,36)20-11-9-19(27)10-12-20/h6-12,16-18,23,29,32H,13-15H2,1-5H3,(H,28,34)/t17-,18+,23-/m1/s1. The molecule has 0 spiro atoms. The van der Waals surface area contributed by atoms with Gasteiger partial charge in [0.15, 0.2) is 5.75 Å². The smallest absolute Gasteiger partial charge is 0.317 e. The van der Waals surface area contributed by atoms with E-state index in [1.165, 1.54) is 28.0 Å². The maximum atomic E-state index is 13.6. The molecule has 0 saturated carbocycles. The van der Waals surface area contributed by atoms with Crippen molar-refractivity contribution in [1.29, 1.82) is 0 Å². The van der Waals surface area contributed by atoms with Crippen LogP contribution in [0.1, 0.15) is 38.1 Å². The van der Waals surface area contributed by atoms with Crippen LogP contribution < -0.4 is 14.8 Å². The predicted molar refractivity (Wildman–Crippen MR) is 141 cm³/mol. The molecular weight excluding hydrogens is 515 g/mol. The average Bonchev–Trinajstić information content (AvgIpc) is 2.85. The van der Waals surface area contributed by atoms with Gasteiger partial charge in [-0.2, -0.15) is 0 Å². The van der Waals surface area contributed by atoms with Gasteiger partial charge in [0.25, 0.3) is 15.9 Å². The topological polar surface area (TPSA) is 128 Å². The summed E-state index contributed by atoms with van der Waals surface area (Å²) >= 11 is 0. The number of rotatable bonds is 8. The van der Waals surface area contributed by atoms with E-state index < -0.39 is 33.9 Å². The van der Waals surface area contributed by atoms with E-state index in [0.29, 0.717) is 0 Å². The van der Waals surface area contributed by atoms with Crippen LogP contribution in [0.15, 0.2) is 47.4 Å². The highest BCUT2D eigenvalue weighted by atomic mass is 32.2. The van der Waals surface area contributed by atoms with Gasteiger partial charge in [-0.3, -0.25) is 9.52 Å². The first kappa shape index (κ1) is 29.2. The van der Waals surface area contributed by atoms with Crippen LogP contribution in [0.2, 0.25) is 0 Å². The number of urea groups is 1. The van der Waals surface area contributed by atoms with E-state index in [4.69, 9.17) is 4.74 Å². The molecule has 1 aliphatic heterocycles. The third kappa shape index (κ3) is 6.73. The zero-order valence-electron chi connectivity index (χ0n) is 22.1. The van der Waals surface area contributed by atoms with Crippen LogP contribution in [0.4, 0.5) is 14.9 Å². The van der Waals surface area contributed by atoms with Gasteiger partial charge in [0.2, 0.25) is 0 Å². The Kier molecular flexibility index (Phi) is 9.21. The zero-order valence-corrected chi connectivity index (χ0v) is 23.0. The van der Waals surface area contributed by atoms with Gasteiger partial charge < -0.3 is 25.0 Å². The fraction of sp³-hybridized carbons (Fsp3) is 0.462. The second kappa shape index (κ2) is 12.0. The molecule has 2 aromatic rings. The number of sulfonamides is 1. The molecule has 0 radical (unpaired) electrons. The van der Waals surface area contributed by atoms with Crippen LogP contribution in [0.25, 0.3) is 0 Å². The van der Waals surface area contributed by atoms with E-state index in [-0.39, 0.29) is 59.6 Å². The molecule has 3 rings (SSSR count). The molecule has 0 unspecified atom stereocenters. The van der Waals surface area contributed by atoms with Gasteiger partial charge >= 0.3 is 6.03 Å². The lowest BCUT2D eigenvalue weighted by atomic mass is 9.99. The Bertz CT molecular complexity index is 1250. The largest absolute Gasteiger partial charge is 0.485 e. The number of nitrogens with one attached hydrogen (secondary N) is 2. The Morgan fingerprint density at radius 1 is 1.21 bits per heavy atom. The molecule has 10 nitrogen and oxygen atoms in total. The summed E-state index contributed by atoms with van der Waals surface area (Å²) in [6.07, 6.45) is -0.630. The molecule has 0 bridgehead atoms. The third-order valence-corrected chi connectivity index (χ3v) is 7.65. The van der Waals surface area contributed by atoms with Gasteiger partial charge in [-0.25, -0.2) is 17.6 Å². The quantitative estimate of drug-likeness (QED) is 0.464. The van der Waals surface area contributed by atoms with Gasteiger partial charge in [-0.15, -0.1) is 0 Å². The fourth-order valence-corrected chi connectivity index (χ4v) is 5.13. The van der Waals surface area contributed by atoms with Gasteiger partial charge in [0, 0.05) is 25.6 Å². The Labute approximate surface area is 222 Å². The number of benzene rings is 2. The summed E-state index contributed by atoms with van der Waals surface area (Å²) in [5.41, 5.74) is 0.126. The predicted octanol–water partition coefficient (Wildman–Crippen LogP) is 2.90. The molecule has 38 heavy (non-hydrogen) atoms. The van der Waals surface area contributed by atoms with Crippen molar-refractivity contribution in [3.05, 3.63) is 53.8 Å². The fourth-order valence-electron chi connectivity index (χ4n) is 4.07. The van der Waals surface area contributed by atoms with E-state index in [9.17, 15) is 27.5 Å². The molecule has 3 atom stereocenters. The van der Waals surface area contributed by atoms with Gasteiger partial charge in [-0.05, 0) is 57.2 Å². The van der Waals surface area contributed by atoms with Crippen molar-refractivity contribution in [2.75, 3.05) is 31.5 Å². The van der Waals surface area contributed by atoms with E-state index in [1.807, 2.05) is 20.8 Å². The number of anilines is 1. The lowest BCUT2D eigenvalue weighted by molar-refractivity contribution is 0.0369. The molecule has 1 heterocycles. The number of likely N-dealkylation sites (N-methyl/N-ethyl adjacent to an activating group) is 1. The van der Waals surface area contributed by atoms with Crippen molar-refractivity contribution < 1.29 is 32.2 Å². The van der Waals surface area contributed by atoms with Crippen molar-refractivity contribution in [3.63, 3.8) is 0 Å². The third-order valence-electron chi connectivity index (χ3n) is 6.27. The van der Waals surface area contributed by atoms with Gasteiger partial charge in [-0.1, -0.05) is 13.0 Å². The van der Waals surface area contributed by atoms with Crippen molar-refractivity contribution >= 4 is 27.6 Å². The number of hydrogen-bond donors (Lipinski definition) is 3. The summed E-state index contributed by atoms with van der Waals surface area (Å²) in [4.78, 5) is 29.0. The summed E-state index contributed by atoms with van der Waals surface area (Å²) in [5, 5.41) is 12.6. The molecule has 2 aromatic carbocycles. The molecule has 1 aliphatic rings. The zero-order chi connectivity index (χ0) is 28.2. The number of para-hydroxylation sites is 1. The van der Waals surface area contributed by atoms with E-state index in [0.717, 1.165) is 24.3 Å². The maximum absolute atomic E-state index is 13.6. The molecular formula is C26H35FN4O6S. The van der Waals surface area contributed by atoms with Crippen LogP contribution in [-0.2, 0) is 10.0 Å². The summed E-state index contributed by atoms with van der Waals surface area (Å²) in [6, 6.07) is 7.95. The number of aliphatic hydroxyl groups is 1. The molecule has 3 amide bonds. The normalized spacial score (nSPS) is 18.6. The number of amides is 3. The lowest BCUT2D eigenvalue weighted by Crippen LogP contribution is -2.51. The lowest BCUT2D eigenvalue weighted by Gasteiger charge is -2.38. The van der Waals surface area contributed by atoms with E-state index in [2.05, 4.69) is 10.0 Å². The number of carbonyl (C=O) groups excluding carboxylic acids is 2. The number of ether oxygens (including phenoxy) is 1. The van der Waals surface area contributed by atoms with Gasteiger partial charge in [0.1, 0.15) is 11.9 Å². The molecule has 0 aliphatic carbocycles. The molecule has 0 aromatic heterocycles. The summed E-state index contributed by atoms with van der Waals surface area (Å²) < 4.78 is 48.3. The average molecular weight is 551 g/mol. The Morgan fingerprint density at radius 2 is 1.87 bits per heavy atom. The molecule has 208 valence electrons. The highest BCUT2D eigenvalue weighted by Crippen LogP contribution is 2.36. The number of nitrogens with zero attached hydrogens (tertiary/aromatic N) is 2. The SMILES string of the molecule is CC(C)NC(=O)N(C)C[C@H]1Oc2c(NS(=O)(=O)c3ccc(F)cc3)cccc2C(=O)N([C@@H](C)CO)C[C@H]1C. The second-order valence-electron chi connectivity index (χ2n) is 9.85. The molecule has 0 fully saturated rings. The minimum absolute atomic E-state index is 0.00699. The van der Waals surface area contributed by atoms with Crippen molar-refractivity contribution in [2.24, 2.45) is 5.92 Å². The number of aliphatic hydroxyl groups excluding tert-OH is 1. The van der Waals surface area contributed by atoms with E-state index in [1.54, 1.807) is 14.0 Å². The Hall–Kier alpha value is -3.38. The molecule has 3 N–H and O–H groups in total. The van der Waals surface area contributed by atoms with Gasteiger partial charge in [0.05, 0.1) is 35.3 Å². The number of halogens is 1. The highest BCUT2D eigenvalue weighted by Gasteiger charge is 2.35. The van der Waals surface area contributed by atoms with Crippen LogP contribution in [0.5, 0.6) is 5.75 Å². The maximum Gasteiger partial charge on any atom is 0.317 e. The first-order valence-corrected chi connectivity index (χ1v) is 13.8. The highest BCUT2D eigenvalue weighted by molar-refractivity contribution is 7.92. The molecule has 0 saturated heterocycles. The minimum atomic E-state index is -4.15. The molecule has 12 heteroatoms. The van der Waals surface area contributed by atoms with Crippen molar-refractivity contribution in [3.8, 4) is 5.75 Å². The Balaban J connectivity index is 2.05. The first-order valence-electron chi connectivity index (χ1n) is 12.4. The van der Waals surface area contributed by atoms with Crippen molar-refractivity contribution in [1.82, 2.24) is 15.1 Å². The summed E-state index contributed by atoms with van der Waals surface area (Å²) in [5.74, 6) is -1.30. The minimum Gasteiger partial charge on any atom is -0.485 e. The summed E-state index contributed by atoms with van der Waals surface area (Å²) in [6.45, 7) is 7.38. The first-order chi connectivity index (χ1) is 17.8. The summed E-state index contributed by atoms with van der Waals surface area (Å²) in [7, 11) is -2.53. The number of carbonyl (C=O) groups is 2.